The average molecular weight is 294 g/mol. The van der Waals surface area contributed by atoms with Crippen LogP contribution >= 0.6 is 0 Å². The standard InChI is InChI=1S/C11H22N2O5S/c1-11(2,3)17-10(14)13-18-19(15,16)8-9-4-6-12-7-5-9/h9,12H,4-8H2,1-3H3,(H,13,14). The minimum Gasteiger partial charge on any atom is -0.442 e. The Hall–Kier alpha value is -0.860. The van der Waals surface area contributed by atoms with E-state index in [9.17, 15) is 13.2 Å². The van der Waals surface area contributed by atoms with Gasteiger partial charge in [0.05, 0.1) is 5.75 Å². The molecule has 1 rings (SSSR count). The molecule has 19 heavy (non-hydrogen) atoms. The summed E-state index contributed by atoms with van der Waals surface area (Å²) in [7, 11) is -3.77. The SMILES string of the molecule is CC(C)(C)OC(=O)NOS(=O)(=O)CC1CCNCC1. The molecule has 0 aromatic heterocycles. The van der Waals surface area contributed by atoms with Crippen LogP contribution in [-0.4, -0.2) is 39.0 Å². The fourth-order valence-electron chi connectivity index (χ4n) is 1.77. The van der Waals surface area contributed by atoms with Gasteiger partial charge in [-0.05, 0) is 52.6 Å². The van der Waals surface area contributed by atoms with Crippen LogP contribution in [0.25, 0.3) is 0 Å². The lowest BCUT2D eigenvalue weighted by Crippen LogP contribution is -2.36. The van der Waals surface area contributed by atoms with Gasteiger partial charge in [0.25, 0.3) is 10.1 Å². The molecule has 0 saturated carbocycles. The molecule has 0 aromatic carbocycles. The maximum absolute atomic E-state index is 11.7. The van der Waals surface area contributed by atoms with Crippen LogP contribution in [0.15, 0.2) is 0 Å². The summed E-state index contributed by atoms with van der Waals surface area (Å²) in [6, 6.07) is 0. The summed E-state index contributed by atoms with van der Waals surface area (Å²) in [6.45, 7) is 6.64. The molecule has 1 aliphatic rings. The molecule has 0 atom stereocenters. The van der Waals surface area contributed by atoms with Crippen LogP contribution in [0.4, 0.5) is 4.79 Å². The molecular weight excluding hydrogens is 272 g/mol. The molecule has 0 spiro atoms. The number of rotatable bonds is 4. The zero-order valence-corrected chi connectivity index (χ0v) is 12.4. The largest absolute Gasteiger partial charge is 0.442 e. The second kappa shape index (κ2) is 6.53. The fourth-order valence-corrected chi connectivity index (χ4v) is 2.94. The molecule has 0 aliphatic carbocycles. The molecule has 2 N–H and O–H groups in total. The van der Waals surface area contributed by atoms with Crippen molar-refractivity contribution < 1.29 is 22.2 Å². The van der Waals surface area contributed by atoms with Gasteiger partial charge in [-0.2, -0.15) is 13.9 Å². The normalized spacial score (nSPS) is 18.1. The molecule has 0 unspecified atom stereocenters. The Morgan fingerprint density at radius 2 is 1.89 bits per heavy atom. The summed E-state index contributed by atoms with van der Waals surface area (Å²) < 4.78 is 32.7. The van der Waals surface area contributed by atoms with Gasteiger partial charge in [-0.1, -0.05) is 0 Å². The molecule has 112 valence electrons. The number of carbonyl (C=O) groups is 1. The maximum atomic E-state index is 11.7. The summed E-state index contributed by atoms with van der Waals surface area (Å²) in [5.74, 6) is -0.0310. The highest BCUT2D eigenvalue weighted by molar-refractivity contribution is 7.86. The van der Waals surface area contributed by atoms with E-state index in [0.717, 1.165) is 25.9 Å². The van der Waals surface area contributed by atoms with Crippen molar-refractivity contribution in [1.29, 1.82) is 0 Å². The van der Waals surface area contributed by atoms with Gasteiger partial charge in [-0.3, -0.25) is 0 Å². The maximum Gasteiger partial charge on any atom is 0.432 e. The summed E-state index contributed by atoms with van der Waals surface area (Å²) >= 11 is 0. The van der Waals surface area contributed by atoms with Crippen LogP contribution in [0.1, 0.15) is 33.6 Å². The van der Waals surface area contributed by atoms with E-state index >= 15 is 0 Å². The van der Waals surface area contributed by atoms with E-state index in [4.69, 9.17) is 4.74 Å². The number of hydrogen-bond acceptors (Lipinski definition) is 6. The summed E-state index contributed by atoms with van der Waals surface area (Å²) in [5, 5.41) is 3.15. The lowest BCUT2D eigenvalue weighted by Gasteiger charge is -2.22. The second-order valence-corrected chi connectivity index (χ2v) is 7.22. The van der Waals surface area contributed by atoms with Gasteiger partial charge in [0.15, 0.2) is 0 Å². The molecule has 1 heterocycles. The Kier molecular flexibility index (Phi) is 5.57. The van der Waals surface area contributed by atoms with E-state index in [1.807, 2.05) is 0 Å². The van der Waals surface area contributed by atoms with Gasteiger partial charge >= 0.3 is 6.09 Å². The number of piperidine rings is 1. The Labute approximate surface area is 114 Å². The van der Waals surface area contributed by atoms with E-state index in [-0.39, 0.29) is 11.7 Å². The minimum atomic E-state index is -3.77. The van der Waals surface area contributed by atoms with Gasteiger partial charge in [0.1, 0.15) is 5.60 Å². The molecule has 1 saturated heterocycles. The van der Waals surface area contributed by atoms with E-state index in [1.165, 1.54) is 0 Å². The summed E-state index contributed by atoms with van der Waals surface area (Å²) in [4.78, 5) is 11.3. The molecule has 8 heteroatoms. The van der Waals surface area contributed by atoms with Crippen molar-refractivity contribution >= 4 is 16.2 Å². The van der Waals surface area contributed by atoms with Crippen LogP contribution in [0, 0.1) is 5.92 Å². The third-order valence-electron chi connectivity index (χ3n) is 2.55. The van der Waals surface area contributed by atoms with E-state index in [2.05, 4.69) is 9.60 Å². The highest BCUT2D eigenvalue weighted by atomic mass is 32.2. The number of carbonyl (C=O) groups excluding carboxylic acids is 1. The smallest absolute Gasteiger partial charge is 0.432 e. The van der Waals surface area contributed by atoms with Gasteiger partial charge in [-0.25, -0.2) is 4.79 Å². The van der Waals surface area contributed by atoms with Crippen molar-refractivity contribution in [2.24, 2.45) is 5.92 Å². The van der Waals surface area contributed by atoms with E-state index in [0.29, 0.717) is 0 Å². The van der Waals surface area contributed by atoms with Crippen LogP contribution in [0.2, 0.25) is 0 Å². The lowest BCUT2D eigenvalue weighted by molar-refractivity contribution is 0.0297. The predicted octanol–water partition coefficient (Wildman–Crippen LogP) is 0.772. The molecule has 7 nitrogen and oxygen atoms in total. The summed E-state index contributed by atoms with van der Waals surface area (Å²) in [6.07, 6.45) is 0.658. The first-order chi connectivity index (χ1) is 8.68. The average Bonchev–Trinajstić information content (AvgIpc) is 2.25. The Balaban J connectivity index is 2.36. The van der Waals surface area contributed by atoms with Gasteiger partial charge in [0.2, 0.25) is 0 Å². The number of hydrogen-bond donors (Lipinski definition) is 2. The van der Waals surface area contributed by atoms with Crippen molar-refractivity contribution in [2.45, 2.75) is 39.2 Å². The molecule has 1 amide bonds. The fraction of sp³-hybridized carbons (Fsp3) is 0.909. The van der Waals surface area contributed by atoms with E-state index < -0.39 is 21.8 Å². The van der Waals surface area contributed by atoms with Crippen molar-refractivity contribution in [3.8, 4) is 0 Å². The number of ether oxygens (including phenoxy) is 1. The van der Waals surface area contributed by atoms with Crippen LogP contribution in [0.3, 0.4) is 0 Å². The van der Waals surface area contributed by atoms with Crippen molar-refractivity contribution in [1.82, 2.24) is 10.8 Å². The Bertz CT molecular complexity index is 396. The number of nitrogens with one attached hydrogen (secondary N) is 2. The molecule has 1 aliphatic heterocycles. The minimum absolute atomic E-state index is 0.0617. The molecular formula is C11H22N2O5S. The van der Waals surface area contributed by atoms with Crippen molar-refractivity contribution in [3.05, 3.63) is 0 Å². The second-order valence-electron chi connectivity index (χ2n) is 5.61. The Morgan fingerprint density at radius 1 is 1.32 bits per heavy atom. The first kappa shape index (κ1) is 16.2. The third-order valence-corrected chi connectivity index (χ3v) is 3.77. The van der Waals surface area contributed by atoms with E-state index in [1.54, 1.807) is 26.3 Å². The zero-order chi connectivity index (χ0) is 14.5. The van der Waals surface area contributed by atoms with Gasteiger partial charge < -0.3 is 10.1 Å². The first-order valence-corrected chi connectivity index (χ1v) is 7.86. The lowest BCUT2D eigenvalue weighted by atomic mass is 10.0. The van der Waals surface area contributed by atoms with Crippen molar-refractivity contribution in [3.63, 3.8) is 0 Å². The molecule has 0 bridgehead atoms. The summed E-state index contributed by atoms with van der Waals surface area (Å²) in [5.41, 5.74) is 1.10. The highest BCUT2D eigenvalue weighted by Gasteiger charge is 2.24. The van der Waals surface area contributed by atoms with Gasteiger partial charge in [0, 0.05) is 0 Å². The topological polar surface area (TPSA) is 93.7 Å². The van der Waals surface area contributed by atoms with Crippen LogP contribution in [-0.2, 0) is 19.1 Å². The first-order valence-electron chi connectivity index (χ1n) is 6.29. The van der Waals surface area contributed by atoms with Crippen LogP contribution < -0.4 is 10.8 Å². The number of amides is 1. The number of hydroxylamine groups is 1. The third kappa shape index (κ3) is 7.34. The highest BCUT2D eigenvalue weighted by Crippen LogP contribution is 2.14. The zero-order valence-electron chi connectivity index (χ0n) is 11.6. The van der Waals surface area contributed by atoms with Gasteiger partial charge in [-0.15, -0.1) is 4.28 Å². The monoisotopic (exact) mass is 294 g/mol. The quantitative estimate of drug-likeness (QED) is 0.744. The Morgan fingerprint density at radius 3 is 2.42 bits per heavy atom. The molecule has 0 aromatic rings. The van der Waals surface area contributed by atoms with Crippen molar-refractivity contribution in [2.75, 3.05) is 18.8 Å². The van der Waals surface area contributed by atoms with Crippen LogP contribution in [0.5, 0.6) is 0 Å². The molecule has 1 fully saturated rings. The predicted molar refractivity (Wildman–Crippen MR) is 69.8 cm³/mol. The molecule has 0 radical (unpaired) electrons.